The Bertz CT molecular complexity index is 609. The molecular formula is C21H37N3O5S. The van der Waals surface area contributed by atoms with Gasteiger partial charge in [-0.1, -0.05) is 57.3 Å². The van der Waals surface area contributed by atoms with Crippen molar-refractivity contribution in [2.24, 2.45) is 0 Å². The number of aliphatic hydroxyl groups excluding tert-OH is 1. The van der Waals surface area contributed by atoms with Gasteiger partial charge < -0.3 is 25.2 Å². The summed E-state index contributed by atoms with van der Waals surface area (Å²) in [5.41, 5.74) is 0. The van der Waals surface area contributed by atoms with Crippen LogP contribution in [0.3, 0.4) is 0 Å². The molecule has 0 saturated carbocycles. The zero-order chi connectivity index (χ0) is 22.2. The number of esters is 1. The molecule has 0 aliphatic carbocycles. The van der Waals surface area contributed by atoms with Crippen LogP contribution in [-0.4, -0.2) is 60.4 Å². The average molecular weight is 444 g/mol. The van der Waals surface area contributed by atoms with Gasteiger partial charge in [0.1, 0.15) is 17.6 Å². The van der Waals surface area contributed by atoms with Crippen LogP contribution in [0.15, 0.2) is 6.20 Å². The Balaban J connectivity index is 2.05. The van der Waals surface area contributed by atoms with Gasteiger partial charge in [0.05, 0.1) is 12.8 Å². The predicted octanol–water partition coefficient (Wildman–Crippen LogP) is 2.90. The highest BCUT2D eigenvalue weighted by atomic mass is 32.1. The third-order valence-electron chi connectivity index (χ3n) is 4.28. The fraction of sp³-hybridized carbons (Fsp3) is 0.762. The van der Waals surface area contributed by atoms with Crippen LogP contribution in [0.5, 0.6) is 5.19 Å². The van der Waals surface area contributed by atoms with Gasteiger partial charge in [-0.25, -0.2) is 4.98 Å². The van der Waals surface area contributed by atoms with Gasteiger partial charge in [-0.2, -0.15) is 0 Å². The number of carbonyl (C=O) groups is 2. The van der Waals surface area contributed by atoms with Crippen LogP contribution >= 0.6 is 11.3 Å². The van der Waals surface area contributed by atoms with E-state index in [-0.39, 0.29) is 18.5 Å². The van der Waals surface area contributed by atoms with Crippen molar-refractivity contribution in [2.45, 2.75) is 77.9 Å². The van der Waals surface area contributed by atoms with E-state index >= 15 is 0 Å². The van der Waals surface area contributed by atoms with Gasteiger partial charge in [-0.15, -0.1) is 0 Å². The van der Waals surface area contributed by atoms with Crippen LogP contribution in [-0.2, 0) is 9.53 Å². The number of carbonyl (C=O) groups excluding carboxylic acids is 2. The fourth-order valence-corrected chi connectivity index (χ4v) is 3.33. The summed E-state index contributed by atoms with van der Waals surface area (Å²) >= 11 is 1.18. The highest BCUT2D eigenvalue weighted by molar-refractivity contribution is 7.15. The SMILES string of the molecule is CC(=O)OCCCCCCCCCNC(=O)c1cnc(OCC(O)CNC(C)C)s1. The topological polar surface area (TPSA) is 110 Å². The fourth-order valence-electron chi connectivity index (χ4n) is 2.64. The number of ether oxygens (including phenoxy) is 2. The molecule has 172 valence electrons. The number of amides is 1. The Hall–Kier alpha value is -1.71. The van der Waals surface area contributed by atoms with Crippen molar-refractivity contribution in [1.82, 2.24) is 15.6 Å². The van der Waals surface area contributed by atoms with E-state index in [4.69, 9.17) is 9.47 Å². The van der Waals surface area contributed by atoms with Gasteiger partial charge in [-0.3, -0.25) is 9.59 Å². The minimum absolute atomic E-state index is 0.137. The first-order chi connectivity index (χ1) is 14.4. The number of hydrogen-bond donors (Lipinski definition) is 3. The lowest BCUT2D eigenvalue weighted by molar-refractivity contribution is -0.141. The summed E-state index contributed by atoms with van der Waals surface area (Å²) in [6.07, 6.45) is 8.32. The van der Waals surface area contributed by atoms with E-state index < -0.39 is 6.10 Å². The van der Waals surface area contributed by atoms with Gasteiger partial charge in [0, 0.05) is 26.1 Å². The third-order valence-corrected chi connectivity index (χ3v) is 5.19. The molecule has 0 spiro atoms. The smallest absolute Gasteiger partial charge is 0.302 e. The minimum Gasteiger partial charge on any atom is -0.467 e. The van der Waals surface area contributed by atoms with Crippen LogP contribution in [0, 0.1) is 0 Å². The molecule has 30 heavy (non-hydrogen) atoms. The molecule has 0 fully saturated rings. The number of aliphatic hydroxyl groups is 1. The number of hydrogen-bond acceptors (Lipinski definition) is 8. The average Bonchev–Trinajstić information content (AvgIpc) is 3.17. The molecule has 3 N–H and O–H groups in total. The lowest BCUT2D eigenvalue weighted by atomic mass is 10.1. The van der Waals surface area contributed by atoms with Gasteiger partial charge >= 0.3 is 5.97 Å². The molecule has 1 unspecified atom stereocenters. The summed E-state index contributed by atoms with van der Waals surface area (Å²) in [6.45, 7) is 7.19. The zero-order valence-electron chi connectivity index (χ0n) is 18.4. The van der Waals surface area contributed by atoms with Gasteiger partial charge in [0.2, 0.25) is 0 Å². The number of aromatic nitrogens is 1. The van der Waals surface area contributed by atoms with Crippen LogP contribution in [0.2, 0.25) is 0 Å². The van der Waals surface area contributed by atoms with E-state index in [9.17, 15) is 14.7 Å². The number of nitrogens with zero attached hydrogens (tertiary/aromatic N) is 1. The van der Waals surface area contributed by atoms with E-state index in [2.05, 4.69) is 15.6 Å². The maximum atomic E-state index is 12.2. The number of rotatable bonds is 17. The van der Waals surface area contributed by atoms with Gasteiger partial charge in [-0.05, 0) is 12.8 Å². The first kappa shape index (κ1) is 26.3. The Morgan fingerprint density at radius 2 is 1.80 bits per heavy atom. The van der Waals surface area contributed by atoms with E-state index in [0.717, 1.165) is 44.9 Å². The molecule has 1 aromatic rings. The molecule has 0 saturated heterocycles. The Labute approximate surface area is 183 Å². The standard InChI is InChI=1S/C21H37N3O5S/c1-16(2)23-13-18(26)15-29-21-24-14-19(30-21)20(27)22-11-9-7-5-4-6-8-10-12-28-17(3)25/h14,16,18,23,26H,4-13,15H2,1-3H3,(H,22,27). The summed E-state index contributed by atoms with van der Waals surface area (Å²) in [7, 11) is 0. The van der Waals surface area contributed by atoms with Crippen LogP contribution in [0.4, 0.5) is 0 Å². The van der Waals surface area contributed by atoms with Crippen molar-refractivity contribution in [3.63, 3.8) is 0 Å². The summed E-state index contributed by atoms with van der Waals surface area (Å²) in [4.78, 5) is 27.4. The quantitative estimate of drug-likeness (QED) is 0.251. The molecule has 8 nitrogen and oxygen atoms in total. The molecular weight excluding hydrogens is 406 g/mol. The lowest BCUT2D eigenvalue weighted by Crippen LogP contribution is -2.35. The first-order valence-corrected chi connectivity index (χ1v) is 11.6. The Morgan fingerprint density at radius 1 is 1.13 bits per heavy atom. The summed E-state index contributed by atoms with van der Waals surface area (Å²) < 4.78 is 10.4. The molecule has 0 aliphatic rings. The van der Waals surface area contributed by atoms with Crippen molar-refractivity contribution in [2.75, 3.05) is 26.3 Å². The zero-order valence-corrected chi connectivity index (χ0v) is 19.3. The van der Waals surface area contributed by atoms with Crippen molar-refractivity contribution < 1.29 is 24.2 Å². The molecule has 1 atom stereocenters. The molecule has 0 aliphatic heterocycles. The normalized spacial score (nSPS) is 12.0. The van der Waals surface area contributed by atoms with Gasteiger partial charge in [0.25, 0.3) is 11.1 Å². The second kappa shape index (κ2) is 16.0. The third kappa shape index (κ3) is 13.5. The maximum absolute atomic E-state index is 12.2. The highest BCUT2D eigenvalue weighted by Gasteiger charge is 2.12. The molecule has 0 aromatic carbocycles. The monoisotopic (exact) mass is 443 g/mol. The van der Waals surface area contributed by atoms with Gasteiger partial charge in [0.15, 0.2) is 0 Å². The molecule has 9 heteroatoms. The van der Waals surface area contributed by atoms with E-state index in [1.807, 2.05) is 13.8 Å². The maximum Gasteiger partial charge on any atom is 0.302 e. The van der Waals surface area contributed by atoms with Crippen molar-refractivity contribution in [1.29, 1.82) is 0 Å². The Kier molecular flexibility index (Phi) is 14.1. The molecule has 1 amide bonds. The lowest BCUT2D eigenvalue weighted by Gasteiger charge is -2.13. The van der Waals surface area contributed by atoms with E-state index in [1.54, 1.807) is 0 Å². The number of nitrogens with one attached hydrogen (secondary N) is 2. The first-order valence-electron chi connectivity index (χ1n) is 10.8. The van der Waals surface area contributed by atoms with Crippen molar-refractivity contribution in [3.8, 4) is 5.19 Å². The van der Waals surface area contributed by atoms with Crippen LogP contribution in [0.25, 0.3) is 0 Å². The summed E-state index contributed by atoms with van der Waals surface area (Å²) in [5, 5.41) is 16.3. The summed E-state index contributed by atoms with van der Waals surface area (Å²) in [5.74, 6) is -0.359. The van der Waals surface area contributed by atoms with E-state index in [0.29, 0.717) is 35.8 Å². The summed E-state index contributed by atoms with van der Waals surface area (Å²) in [6, 6.07) is 0.300. The second-order valence-corrected chi connectivity index (χ2v) is 8.58. The molecule has 1 rings (SSSR count). The largest absolute Gasteiger partial charge is 0.467 e. The predicted molar refractivity (Wildman–Crippen MR) is 118 cm³/mol. The highest BCUT2D eigenvalue weighted by Crippen LogP contribution is 2.20. The van der Waals surface area contributed by atoms with Crippen molar-refractivity contribution in [3.05, 3.63) is 11.1 Å². The second-order valence-electron chi connectivity index (χ2n) is 7.59. The molecule has 1 aromatic heterocycles. The molecule has 0 radical (unpaired) electrons. The number of thiazole rings is 1. The molecule has 1 heterocycles. The molecule has 0 bridgehead atoms. The van der Waals surface area contributed by atoms with E-state index in [1.165, 1.54) is 24.5 Å². The van der Waals surface area contributed by atoms with Crippen LogP contribution in [0.1, 0.15) is 75.4 Å². The Morgan fingerprint density at radius 3 is 2.47 bits per heavy atom. The number of unbranched alkanes of at least 4 members (excludes halogenated alkanes) is 6. The minimum atomic E-state index is -0.623. The van der Waals surface area contributed by atoms with Crippen LogP contribution < -0.4 is 15.4 Å². The van der Waals surface area contributed by atoms with Crippen molar-refractivity contribution >= 4 is 23.2 Å².